The smallest absolute Gasteiger partial charge is 0.0561 e. The van der Waals surface area contributed by atoms with E-state index in [1.165, 1.54) is 12.8 Å². The van der Waals surface area contributed by atoms with Crippen LogP contribution in [0.1, 0.15) is 30.2 Å². The molecule has 1 heterocycles. The van der Waals surface area contributed by atoms with Crippen LogP contribution in [-0.2, 0) is 0 Å². The first-order chi connectivity index (χ1) is 5.77. The Morgan fingerprint density at radius 3 is 2.92 bits per heavy atom. The van der Waals surface area contributed by atoms with Gasteiger partial charge in [0.1, 0.15) is 0 Å². The van der Waals surface area contributed by atoms with Crippen molar-refractivity contribution in [2.24, 2.45) is 11.7 Å². The molecule has 2 N–H and O–H groups in total. The minimum atomic E-state index is 0.171. The van der Waals surface area contributed by atoms with E-state index in [1.807, 2.05) is 11.4 Å². The second-order valence-corrected chi connectivity index (χ2v) is 4.77. The van der Waals surface area contributed by atoms with Crippen LogP contribution in [0.5, 0.6) is 0 Å². The Morgan fingerprint density at radius 1 is 1.67 bits per heavy atom. The van der Waals surface area contributed by atoms with E-state index in [2.05, 4.69) is 0 Å². The fourth-order valence-electron chi connectivity index (χ4n) is 1.39. The lowest BCUT2D eigenvalue weighted by molar-refractivity contribution is 0.605. The van der Waals surface area contributed by atoms with Gasteiger partial charge in [-0.05, 0) is 23.8 Å². The molecule has 66 valence electrons. The van der Waals surface area contributed by atoms with Crippen molar-refractivity contribution in [2.45, 2.75) is 25.3 Å². The van der Waals surface area contributed by atoms with E-state index < -0.39 is 0 Å². The summed E-state index contributed by atoms with van der Waals surface area (Å²) >= 11 is 7.64. The van der Waals surface area contributed by atoms with Crippen LogP contribution < -0.4 is 5.73 Å². The van der Waals surface area contributed by atoms with Crippen LogP contribution in [0.4, 0.5) is 0 Å². The van der Waals surface area contributed by atoms with Crippen molar-refractivity contribution in [3.63, 3.8) is 0 Å². The highest BCUT2D eigenvalue weighted by Gasteiger charge is 2.25. The molecule has 1 aliphatic carbocycles. The Hall–Kier alpha value is -0.0500. The van der Waals surface area contributed by atoms with Gasteiger partial charge >= 0.3 is 0 Å². The number of rotatable bonds is 3. The van der Waals surface area contributed by atoms with Crippen molar-refractivity contribution >= 4 is 22.9 Å². The highest BCUT2D eigenvalue weighted by molar-refractivity contribution is 7.10. The molecule has 1 aromatic rings. The molecule has 0 amide bonds. The molecule has 1 fully saturated rings. The van der Waals surface area contributed by atoms with Crippen molar-refractivity contribution in [2.75, 3.05) is 0 Å². The summed E-state index contributed by atoms with van der Waals surface area (Å²) in [6, 6.07) is 2.10. The molecule has 0 saturated heterocycles. The predicted molar refractivity (Wildman–Crippen MR) is 53.6 cm³/mol. The Labute approximate surface area is 81.5 Å². The van der Waals surface area contributed by atoms with Crippen LogP contribution in [0.15, 0.2) is 11.4 Å². The van der Waals surface area contributed by atoms with Gasteiger partial charge in [0.25, 0.3) is 0 Å². The molecule has 1 nitrogen and oxygen atoms in total. The maximum absolute atomic E-state index is 6.01. The fraction of sp³-hybridized carbons (Fsp3) is 0.556. The van der Waals surface area contributed by atoms with Gasteiger partial charge in [0, 0.05) is 10.9 Å². The standard InChI is InChI=1S/C9H12ClNS/c10-7-3-4-12-9(7)8(11)5-6-1-2-6/h3-4,6,8H,1-2,5,11H2. The van der Waals surface area contributed by atoms with E-state index in [-0.39, 0.29) is 6.04 Å². The summed E-state index contributed by atoms with van der Waals surface area (Å²) in [4.78, 5) is 1.16. The third-order valence-corrected chi connectivity index (χ3v) is 3.76. The summed E-state index contributed by atoms with van der Waals surface area (Å²) in [7, 11) is 0. The van der Waals surface area contributed by atoms with Gasteiger partial charge in [0.05, 0.1) is 5.02 Å². The summed E-state index contributed by atoms with van der Waals surface area (Å²) in [5.41, 5.74) is 6.01. The van der Waals surface area contributed by atoms with Gasteiger partial charge in [0.2, 0.25) is 0 Å². The Balaban J connectivity index is 2.02. The number of hydrogen-bond acceptors (Lipinski definition) is 2. The van der Waals surface area contributed by atoms with Crippen LogP contribution in [-0.4, -0.2) is 0 Å². The van der Waals surface area contributed by atoms with Crippen LogP contribution >= 0.6 is 22.9 Å². The average molecular weight is 202 g/mol. The highest BCUT2D eigenvalue weighted by atomic mass is 35.5. The third-order valence-electron chi connectivity index (χ3n) is 2.27. The summed E-state index contributed by atoms with van der Waals surface area (Å²) in [6.45, 7) is 0. The van der Waals surface area contributed by atoms with Gasteiger partial charge in [-0.2, -0.15) is 0 Å². The quantitative estimate of drug-likeness (QED) is 0.799. The van der Waals surface area contributed by atoms with Crippen LogP contribution in [0, 0.1) is 5.92 Å². The molecule has 1 atom stereocenters. The second kappa shape index (κ2) is 3.36. The first-order valence-corrected chi connectivity index (χ1v) is 5.51. The van der Waals surface area contributed by atoms with E-state index in [9.17, 15) is 0 Å². The number of halogens is 1. The molecule has 1 aromatic heterocycles. The Morgan fingerprint density at radius 2 is 2.42 bits per heavy atom. The summed E-state index contributed by atoms with van der Waals surface area (Å²) < 4.78 is 0. The number of thiophene rings is 1. The zero-order chi connectivity index (χ0) is 8.55. The number of nitrogens with two attached hydrogens (primary N) is 1. The van der Waals surface area contributed by atoms with Gasteiger partial charge in [-0.3, -0.25) is 0 Å². The number of hydrogen-bond donors (Lipinski definition) is 1. The Bertz CT molecular complexity index is 267. The van der Waals surface area contributed by atoms with Gasteiger partial charge in [-0.15, -0.1) is 11.3 Å². The van der Waals surface area contributed by atoms with Crippen molar-refractivity contribution < 1.29 is 0 Å². The zero-order valence-corrected chi connectivity index (χ0v) is 8.37. The molecule has 2 rings (SSSR count). The SMILES string of the molecule is NC(CC1CC1)c1sccc1Cl. The van der Waals surface area contributed by atoms with Gasteiger partial charge in [-0.25, -0.2) is 0 Å². The lowest BCUT2D eigenvalue weighted by Gasteiger charge is -2.08. The molecule has 1 aliphatic rings. The third kappa shape index (κ3) is 1.82. The molecule has 1 saturated carbocycles. The van der Waals surface area contributed by atoms with Crippen molar-refractivity contribution in [1.82, 2.24) is 0 Å². The molecule has 0 aliphatic heterocycles. The van der Waals surface area contributed by atoms with E-state index >= 15 is 0 Å². The average Bonchev–Trinajstić information content (AvgIpc) is 2.72. The zero-order valence-electron chi connectivity index (χ0n) is 6.79. The first-order valence-electron chi connectivity index (χ1n) is 4.26. The minimum absolute atomic E-state index is 0.171. The van der Waals surface area contributed by atoms with E-state index in [1.54, 1.807) is 11.3 Å². The van der Waals surface area contributed by atoms with Crippen LogP contribution in [0.25, 0.3) is 0 Å². The van der Waals surface area contributed by atoms with Crippen molar-refractivity contribution in [3.05, 3.63) is 21.3 Å². The predicted octanol–water partition coefficient (Wildman–Crippen LogP) is 3.20. The molecule has 0 spiro atoms. The lowest BCUT2D eigenvalue weighted by atomic mass is 10.1. The maximum atomic E-state index is 6.01. The normalized spacial score (nSPS) is 19.5. The molecule has 12 heavy (non-hydrogen) atoms. The fourth-order valence-corrected chi connectivity index (χ4v) is 2.60. The molecule has 0 aromatic carbocycles. The minimum Gasteiger partial charge on any atom is -0.323 e. The van der Waals surface area contributed by atoms with E-state index in [0.29, 0.717) is 0 Å². The van der Waals surface area contributed by atoms with Gasteiger partial charge in [0.15, 0.2) is 0 Å². The van der Waals surface area contributed by atoms with Crippen LogP contribution in [0.3, 0.4) is 0 Å². The van der Waals surface area contributed by atoms with E-state index in [0.717, 1.165) is 22.2 Å². The first kappa shape index (κ1) is 8.54. The van der Waals surface area contributed by atoms with Crippen LogP contribution in [0.2, 0.25) is 5.02 Å². The largest absolute Gasteiger partial charge is 0.323 e. The second-order valence-electron chi connectivity index (χ2n) is 3.42. The maximum Gasteiger partial charge on any atom is 0.0561 e. The molecule has 0 radical (unpaired) electrons. The topological polar surface area (TPSA) is 26.0 Å². The van der Waals surface area contributed by atoms with E-state index in [4.69, 9.17) is 17.3 Å². The van der Waals surface area contributed by atoms with Gasteiger partial charge in [-0.1, -0.05) is 24.4 Å². The highest BCUT2D eigenvalue weighted by Crippen LogP contribution is 2.39. The van der Waals surface area contributed by atoms with Crippen molar-refractivity contribution in [1.29, 1.82) is 0 Å². The Kier molecular flexibility index (Phi) is 2.40. The lowest BCUT2D eigenvalue weighted by Crippen LogP contribution is -2.09. The molecular formula is C9H12ClNS. The van der Waals surface area contributed by atoms with Gasteiger partial charge < -0.3 is 5.73 Å². The summed E-state index contributed by atoms with van der Waals surface area (Å²) in [5, 5.41) is 2.85. The summed E-state index contributed by atoms with van der Waals surface area (Å²) in [5.74, 6) is 0.873. The van der Waals surface area contributed by atoms with Crippen molar-refractivity contribution in [3.8, 4) is 0 Å². The molecule has 0 bridgehead atoms. The monoisotopic (exact) mass is 201 g/mol. The molecular weight excluding hydrogens is 190 g/mol. The molecule has 1 unspecified atom stereocenters. The summed E-state index contributed by atoms with van der Waals surface area (Å²) in [6.07, 6.45) is 3.83. The molecule has 3 heteroatoms.